The number of aliphatic hydroxyl groups is 3. The number of hydrogen-bond donors (Lipinski definition) is 8. The molecule has 0 aliphatic carbocycles. The van der Waals surface area contributed by atoms with Gasteiger partial charge in [-0.3, -0.25) is 4.79 Å². The minimum atomic E-state index is -1.89. The van der Waals surface area contributed by atoms with Crippen LogP contribution in [0.3, 0.4) is 0 Å². The lowest BCUT2D eigenvalue weighted by Gasteiger charge is -2.40. The Morgan fingerprint density at radius 1 is 0.805 bits per heavy atom. The molecule has 1 aromatic heterocycles. The zero-order valence-corrected chi connectivity index (χ0v) is 20.9. The van der Waals surface area contributed by atoms with Crippen LogP contribution >= 0.6 is 0 Å². The molecule has 1 saturated heterocycles. The lowest BCUT2D eigenvalue weighted by atomic mass is 9.89. The summed E-state index contributed by atoms with van der Waals surface area (Å²) in [7, 11) is 0. The molecule has 2 heterocycles. The first-order valence-corrected chi connectivity index (χ1v) is 12.2. The van der Waals surface area contributed by atoms with Gasteiger partial charge >= 0.3 is 5.97 Å². The van der Waals surface area contributed by atoms with Crippen molar-refractivity contribution >= 4 is 16.9 Å². The van der Waals surface area contributed by atoms with Crippen molar-refractivity contribution in [3.8, 4) is 40.1 Å². The van der Waals surface area contributed by atoms with E-state index in [-0.39, 0.29) is 28.2 Å². The molecule has 13 nitrogen and oxygen atoms in total. The van der Waals surface area contributed by atoms with Crippen LogP contribution in [0.1, 0.15) is 22.0 Å². The van der Waals surface area contributed by atoms with Crippen LogP contribution in [-0.4, -0.2) is 77.8 Å². The second-order valence-electron chi connectivity index (χ2n) is 9.42. The molecule has 1 aliphatic heterocycles. The molecule has 0 spiro atoms. The van der Waals surface area contributed by atoms with E-state index in [9.17, 15) is 50.4 Å². The predicted octanol–water partition coefficient (Wildman–Crippen LogP) is 1.37. The number of fused-ring (bicyclic) bond motifs is 1. The predicted molar refractivity (Wildman–Crippen MR) is 139 cm³/mol. The summed E-state index contributed by atoms with van der Waals surface area (Å²) in [6, 6.07) is 10.8. The Hall–Kier alpha value is -4.82. The van der Waals surface area contributed by atoms with Crippen LogP contribution < -0.4 is 5.43 Å². The summed E-state index contributed by atoms with van der Waals surface area (Å²) in [6.07, 6.45) is -8.64. The molecule has 0 unspecified atom stereocenters. The number of carbonyl (C=O) groups is 1. The van der Waals surface area contributed by atoms with Crippen molar-refractivity contribution in [1.29, 1.82) is 0 Å². The molecule has 0 bridgehead atoms. The van der Waals surface area contributed by atoms with Gasteiger partial charge in [0.25, 0.3) is 0 Å². The summed E-state index contributed by atoms with van der Waals surface area (Å²) in [5, 5.41) is 81.7. The van der Waals surface area contributed by atoms with Gasteiger partial charge < -0.3 is 54.7 Å². The Morgan fingerprint density at radius 2 is 1.51 bits per heavy atom. The molecular formula is C28H24O13. The van der Waals surface area contributed by atoms with Gasteiger partial charge in [0.05, 0.1) is 11.1 Å². The van der Waals surface area contributed by atoms with E-state index in [2.05, 4.69) is 0 Å². The van der Waals surface area contributed by atoms with Crippen molar-refractivity contribution < 1.29 is 59.5 Å². The minimum absolute atomic E-state index is 0.0626. The molecule has 8 N–H and O–H groups in total. The monoisotopic (exact) mass is 568 g/mol. The normalized spacial score (nSPS) is 22.5. The number of esters is 1. The summed E-state index contributed by atoms with van der Waals surface area (Å²) >= 11 is 0. The number of rotatable bonds is 5. The van der Waals surface area contributed by atoms with Gasteiger partial charge in [-0.05, 0) is 42.5 Å². The Morgan fingerprint density at radius 3 is 2.20 bits per heavy atom. The molecule has 0 radical (unpaired) electrons. The fraction of sp³-hybridized carbons (Fsp3) is 0.214. The van der Waals surface area contributed by atoms with E-state index in [1.807, 2.05) is 0 Å². The first kappa shape index (κ1) is 27.7. The third kappa shape index (κ3) is 5.10. The van der Waals surface area contributed by atoms with Crippen molar-refractivity contribution in [1.82, 2.24) is 0 Å². The average molecular weight is 568 g/mol. The first-order valence-electron chi connectivity index (χ1n) is 12.2. The lowest BCUT2D eigenvalue weighted by molar-refractivity contribution is -0.232. The molecule has 0 saturated carbocycles. The zero-order chi connectivity index (χ0) is 29.6. The van der Waals surface area contributed by atoms with Crippen molar-refractivity contribution in [3.63, 3.8) is 0 Å². The topological polar surface area (TPSA) is 228 Å². The average Bonchev–Trinajstić information content (AvgIpc) is 2.93. The zero-order valence-electron chi connectivity index (χ0n) is 20.9. The lowest BCUT2D eigenvalue weighted by Crippen LogP contribution is -2.55. The third-order valence-electron chi connectivity index (χ3n) is 6.75. The van der Waals surface area contributed by atoms with Crippen molar-refractivity contribution in [2.24, 2.45) is 0 Å². The highest BCUT2D eigenvalue weighted by Crippen LogP contribution is 2.45. The molecule has 1 fully saturated rings. The fourth-order valence-corrected chi connectivity index (χ4v) is 4.57. The van der Waals surface area contributed by atoms with E-state index in [0.29, 0.717) is 0 Å². The smallest absolute Gasteiger partial charge is 0.338 e. The summed E-state index contributed by atoms with van der Waals surface area (Å²) in [5.41, 5.74) is -1.27. The van der Waals surface area contributed by atoms with Crippen LogP contribution in [0.4, 0.5) is 0 Å². The maximum atomic E-state index is 13.0. The number of aromatic hydroxyl groups is 5. The second kappa shape index (κ2) is 10.6. The maximum absolute atomic E-state index is 13.0. The maximum Gasteiger partial charge on any atom is 0.338 e. The largest absolute Gasteiger partial charge is 0.508 e. The fourth-order valence-electron chi connectivity index (χ4n) is 4.57. The Bertz CT molecular complexity index is 1680. The number of carbonyl (C=O) groups excluding carboxylic acids is 1. The summed E-state index contributed by atoms with van der Waals surface area (Å²) < 4.78 is 16.5. The van der Waals surface area contributed by atoms with E-state index in [0.717, 1.165) is 18.2 Å². The number of phenols is 5. The SMILES string of the molecule is O=C(OC[C@H]1O[C@@H](c2c(O)cc3oc(-c4ccc(O)c(O)c4)cc(=O)c3c2O)[C@H](O)[C@@H](O)[C@@H]1O)c1ccc(O)cc1. The van der Waals surface area contributed by atoms with Crippen molar-refractivity contribution in [2.75, 3.05) is 6.61 Å². The van der Waals surface area contributed by atoms with Crippen LogP contribution in [0.15, 0.2) is 63.8 Å². The molecule has 4 aromatic rings. The Kier molecular flexibility index (Phi) is 7.19. The quantitative estimate of drug-likeness (QED) is 0.126. The number of benzene rings is 3. The molecular weight excluding hydrogens is 544 g/mol. The molecule has 1 aliphatic rings. The highest BCUT2D eigenvalue weighted by Gasteiger charge is 2.46. The Labute approximate surface area is 229 Å². The van der Waals surface area contributed by atoms with Crippen LogP contribution in [0.2, 0.25) is 0 Å². The number of ether oxygens (including phenoxy) is 2. The van der Waals surface area contributed by atoms with E-state index in [1.165, 1.54) is 36.4 Å². The van der Waals surface area contributed by atoms with Crippen LogP contribution in [0.25, 0.3) is 22.3 Å². The molecule has 5 rings (SSSR count). The standard InChI is InChI=1S/C28H24O13/c29-13-4-1-11(2-5-13)28(38)39-10-20-23(34)25(36)26(37)27(41-20)22-17(33)9-19-21(24(22)35)16(32)8-18(40-19)12-3-6-14(30)15(31)7-12/h1-9,20,23,25-27,29-31,33-37H,10H2/t20-,23-,25+,26-,27+/m1/s1. The molecule has 41 heavy (non-hydrogen) atoms. The third-order valence-corrected chi connectivity index (χ3v) is 6.75. The second-order valence-corrected chi connectivity index (χ2v) is 9.42. The molecule has 0 amide bonds. The molecule has 13 heteroatoms. The summed E-state index contributed by atoms with van der Waals surface area (Å²) in [5.74, 6) is -3.38. The van der Waals surface area contributed by atoms with Crippen LogP contribution in [-0.2, 0) is 9.47 Å². The number of phenolic OH excluding ortho intramolecular Hbond substituents is 5. The number of hydrogen-bond acceptors (Lipinski definition) is 13. The van der Waals surface area contributed by atoms with Gasteiger partial charge in [-0.1, -0.05) is 0 Å². The van der Waals surface area contributed by atoms with Gasteiger partial charge in [-0.15, -0.1) is 0 Å². The highest BCUT2D eigenvalue weighted by molar-refractivity contribution is 5.89. The Balaban J connectivity index is 1.47. The van der Waals surface area contributed by atoms with E-state index in [1.54, 1.807) is 0 Å². The van der Waals surface area contributed by atoms with Crippen LogP contribution in [0.5, 0.6) is 28.7 Å². The summed E-state index contributed by atoms with van der Waals surface area (Å²) in [6.45, 7) is -0.610. The van der Waals surface area contributed by atoms with Gasteiger partial charge in [0.15, 0.2) is 16.9 Å². The van der Waals surface area contributed by atoms with Crippen molar-refractivity contribution in [3.05, 3.63) is 75.9 Å². The minimum Gasteiger partial charge on any atom is -0.508 e. The number of aliphatic hydroxyl groups excluding tert-OH is 3. The highest BCUT2D eigenvalue weighted by atomic mass is 16.6. The van der Waals surface area contributed by atoms with Crippen LogP contribution in [0, 0.1) is 0 Å². The molecule has 3 aromatic carbocycles. The van der Waals surface area contributed by atoms with E-state index in [4.69, 9.17) is 13.9 Å². The molecule has 214 valence electrons. The van der Waals surface area contributed by atoms with Gasteiger partial charge in [0.2, 0.25) is 0 Å². The van der Waals surface area contributed by atoms with E-state index >= 15 is 0 Å². The van der Waals surface area contributed by atoms with Gasteiger partial charge in [-0.25, -0.2) is 4.79 Å². The molecule has 5 atom stereocenters. The van der Waals surface area contributed by atoms with Crippen molar-refractivity contribution in [2.45, 2.75) is 30.5 Å². The van der Waals surface area contributed by atoms with Gasteiger partial charge in [-0.2, -0.15) is 0 Å². The van der Waals surface area contributed by atoms with Gasteiger partial charge in [0.1, 0.15) is 71.1 Å². The first-order chi connectivity index (χ1) is 19.5. The summed E-state index contributed by atoms with van der Waals surface area (Å²) in [4.78, 5) is 25.4. The van der Waals surface area contributed by atoms with Gasteiger partial charge in [0, 0.05) is 17.7 Å². The van der Waals surface area contributed by atoms with E-state index < -0.39 is 82.5 Å².